The zero-order valence-corrected chi connectivity index (χ0v) is 17.6. The standard InChI is InChI=1S/C22H30N4O4/c1-30-18-8-4-3-7-16(18)26-19(27)15-17(20(26)28)24-13-9-22(10-14-24,21(23)29)25-11-5-2-6-12-25/h3-4,7-8,17H,2,5-6,9-15H2,1H3,(H2,23,29)/p+2/t17-/m0/s1. The Morgan fingerprint density at radius 1 is 1.10 bits per heavy atom. The highest BCUT2D eigenvalue weighted by Gasteiger charge is 2.54. The molecule has 3 amide bonds. The van der Waals surface area contributed by atoms with E-state index in [1.807, 2.05) is 6.07 Å². The van der Waals surface area contributed by atoms with Crippen LogP contribution >= 0.6 is 0 Å². The number of methoxy groups -OCH3 is 1. The number of quaternary nitrogens is 2. The molecular weight excluding hydrogens is 384 g/mol. The number of likely N-dealkylation sites (tertiary alicyclic amines) is 2. The van der Waals surface area contributed by atoms with Crippen molar-refractivity contribution in [1.82, 2.24) is 0 Å². The monoisotopic (exact) mass is 416 g/mol. The van der Waals surface area contributed by atoms with Crippen LogP contribution in [0.5, 0.6) is 5.75 Å². The third kappa shape index (κ3) is 3.48. The largest absolute Gasteiger partial charge is 0.495 e. The van der Waals surface area contributed by atoms with Crippen molar-refractivity contribution in [3.8, 4) is 5.75 Å². The van der Waals surface area contributed by atoms with E-state index in [2.05, 4.69) is 0 Å². The van der Waals surface area contributed by atoms with Crippen molar-refractivity contribution in [2.75, 3.05) is 38.2 Å². The minimum atomic E-state index is -0.530. The minimum absolute atomic E-state index is 0.184. The number of hydrogen-bond acceptors (Lipinski definition) is 4. The summed E-state index contributed by atoms with van der Waals surface area (Å²) in [7, 11) is 1.53. The summed E-state index contributed by atoms with van der Waals surface area (Å²) in [5.74, 6) is -0.0929. The van der Waals surface area contributed by atoms with Gasteiger partial charge in [-0.1, -0.05) is 12.1 Å². The molecule has 3 aliphatic heterocycles. The van der Waals surface area contributed by atoms with Gasteiger partial charge in [-0.25, -0.2) is 4.90 Å². The van der Waals surface area contributed by atoms with E-state index in [1.54, 1.807) is 18.2 Å². The molecule has 0 spiro atoms. The van der Waals surface area contributed by atoms with Gasteiger partial charge in [0.25, 0.3) is 11.8 Å². The molecule has 8 heteroatoms. The van der Waals surface area contributed by atoms with Crippen LogP contribution in [0.3, 0.4) is 0 Å². The van der Waals surface area contributed by atoms with Crippen LogP contribution in [0, 0.1) is 0 Å². The van der Waals surface area contributed by atoms with Crippen molar-refractivity contribution >= 4 is 23.4 Å². The van der Waals surface area contributed by atoms with E-state index in [0.29, 0.717) is 37.4 Å². The molecule has 3 saturated heterocycles. The summed E-state index contributed by atoms with van der Waals surface area (Å²) in [6.07, 6.45) is 4.99. The first-order valence-electron chi connectivity index (χ1n) is 11.0. The van der Waals surface area contributed by atoms with E-state index in [1.165, 1.54) is 23.3 Å². The van der Waals surface area contributed by atoms with Crippen molar-refractivity contribution in [3.05, 3.63) is 24.3 Å². The lowest BCUT2D eigenvalue weighted by molar-refractivity contribution is -0.978. The number of carbonyl (C=O) groups excluding carboxylic acids is 3. The summed E-state index contributed by atoms with van der Waals surface area (Å²) < 4.78 is 5.35. The van der Waals surface area contributed by atoms with Gasteiger partial charge in [-0.15, -0.1) is 0 Å². The molecular formula is C22H32N4O4+2. The molecule has 0 bridgehead atoms. The number of nitrogens with two attached hydrogens (primary N) is 1. The second kappa shape index (κ2) is 8.35. The number of primary amides is 1. The van der Waals surface area contributed by atoms with Crippen LogP contribution in [0.4, 0.5) is 5.69 Å². The maximum Gasteiger partial charge on any atom is 0.292 e. The topological polar surface area (TPSA) is 98.6 Å². The van der Waals surface area contributed by atoms with Crippen LogP contribution in [-0.2, 0) is 14.4 Å². The number of benzene rings is 1. The summed E-state index contributed by atoms with van der Waals surface area (Å²) in [6.45, 7) is 3.33. The van der Waals surface area contributed by atoms with Gasteiger partial charge in [0.05, 0.1) is 58.2 Å². The Hall–Kier alpha value is -2.45. The van der Waals surface area contributed by atoms with E-state index in [-0.39, 0.29) is 24.1 Å². The fourth-order valence-corrected chi connectivity index (χ4v) is 5.60. The Labute approximate surface area is 176 Å². The smallest absolute Gasteiger partial charge is 0.292 e. The van der Waals surface area contributed by atoms with Crippen LogP contribution in [0.2, 0.25) is 0 Å². The molecule has 3 aliphatic rings. The van der Waals surface area contributed by atoms with Gasteiger partial charge in [-0.2, -0.15) is 0 Å². The molecule has 30 heavy (non-hydrogen) atoms. The number of piperidine rings is 2. The van der Waals surface area contributed by atoms with Crippen molar-refractivity contribution in [1.29, 1.82) is 0 Å². The van der Waals surface area contributed by atoms with Crippen molar-refractivity contribution in [2.24, 2.45) is 5.73 Å². The van der Waals surface area contributed by atoms with Gasteiger partial charge < -0.3 is 20.3 Å². The first kappa shape index (κ1) is 20.8. The number of anilines is 1. The predicted molar refractivity (Wildman–Crippen MR) is 110 cm³/mol. The van der Waals surface area contributed by atoms with Crippen LogP contribution in [-0.4, -0.2) is 62.6 Å². The number of imide groups is 1. The van der Waals surface area contributed by atoms with Crippen LogP contribution in [0.25, 0.3) is 0 Å². The molecule has 0 aromatic heterocycles. The highest BCUT2D eigenvalue weighted by atomic mass is 16.5. The van der Waals surface area contributed by atoms with Gasteiger partial charge in [0, 0.05) is 0 Å². The van der Waals surface area contributed by atoms with E-state index in [0.717, 1.165) is 30.8 Å². The number of carbonyl (C=O) groups is 3. The first-order chi connectivity index (χ1) is 14.5. The number of ether oxygens (including phenoxy) is 1. The predicted octanol–water partition coefficient (Wildman–Crippen LogP) is -1.70. The summed E-state index contributed by atoms with van der Waals surface area (Å²) in [5, 5.41) is 0. The third-order valence-corrected chi connectivity index (χ3v) is 7.32. The quantitative estimate of drug-likeness (QED) is 0.499. The molecule has 4 rings (SSSR count). The third-order valence-electron chi connectivity index (χ3n) is 7.32. The van der Waals surface area contributed by atoms with Crippen LogP contribution < -0.4 is 25.2 Å². The van der Waals surface area contributed by atoms with Gasteiger partial charge in [-0.05, 0) is 31.4 Å². The molecule has 3 fully saturated rings. The zero-order valence-electron chi connectivity index (χ0n) is 17.6. The molecule has 1 atom stereocenters. The number of rotatable bonds is 5. The molecule has 3 heterocycles. The molecule has 1 aromatic rings. The summed E-state index contributed by atoms with van der Waals surface area (Å²) >= 11 is 0. The molecule has 162 valence electrons. The molecule has 8 nitrogen and oxygen atoms in total. The molecule has 0 saturated carbocycles. The number of amides is 3. The number of para-hydroxylation sites is 2. The Bertz CT molecular complexity index is 828. The second-order valence-electron chi connectivity index (χ2n) is 8.76. The number of nitrogens with one attached hydrogen (secondary N) is 2. The maximum absolute atomic E-state index is 13.2. The lowest BCUT2D eigenvalue weighted by atomic mass is 9.83. The van der Waals surface area contributed by atoms with Crippen molar-refractivity contribution in [2.45, 2.75) is 50.1 Å². The lowest BCUT2D eigenvalue weighted by Gasteiger charge is -2.44. The van der Waals surface area contributed by atoms with Gasteiger partial charge in [0.2, 0.25) is 5.91 Å². The molecule has 4 N–H and O–H groups in total. The molecule has 0 radical (unpaired) electrons. The van der Waals surface area contributed by atoms with E-state index in [4.69, 9.17) is 10.5 Å². The molecule has 0 aliphatic carbocycles. The summed E-state index contributed by atoms with van der Waals surface area (Å²) in [4.78, 5) is 42.1. The zero-order chi connectivity index (χ0) is 21.3. The Morgan fingerprint density at radius 2 is 1.77 bits per heavy atom. The number of hydrogen-bond donors (Lipinski definition) is 3. The Balaban J connectivity index is 1.49. The van der Waals surface area contributed by atoms with Crippen molar-refractivity contribution in [3.63, 3.8) is 0 Å². The fourth-order valence-electron chi connectivity index (χ4n) is 5.60. The van der Waals surface area contributed by atoms with E-state index >= 15 is 0 Å². The van der Waals surface area contributed by atoms with Crippen LogP contribution in [0.15, 0.2) is 24.3 Å². The first-order valence-corrected chi connectivity index (χ1v) is 11.0. The average molecular weight is 417 g/mol. The van der Waals surface area contributed by atoms with Crippen molar-refractivity contribution < 1.29 is 28.9 Å². The Kier molecular flexibility index (Phi) is 5.79. The number of nitrogens with zero attached hydrogens (tertiary/aromatic N) is 1. The second-order valence-corrected chi connectivity index (χ2v) is 8.76. The van der Waals surface area contributed by atoms with Gasteiger partial charge in [-0.3, -0.25) is 14.4 Å². The average Bonchev–Trinajstić information content (AvgIpc) is 3.08. The van der Waals surface area contributed by atoms with E-state index in [9.17, 15) is 14.4 Å². The minimum Gasteiger partial charge on any atom is -0.495 e. The van der Waals surface area contributed by atoms with Gasteiger partial charge in [0.1, 0.15) is 5.75 Å². The highest BCUT2D eigenvalue weighted by Crippen LogP contribution is 2.31. The van der Waals surface area contributed by atoms with Gasteiger partial charge in [0.15, 0.2) is 11.6 Å². The molecule has 1 aromatic carbocycles. The highest BCUT2D eigenvalue weighted by molar-refractivity contribution is 6.22. The SMILES string of the molecule is COc1ccccc1N1C(=O)C[C@H]([NH+]2CCC(C(N)=O)([NH+]3CCCCC3)CC2)C1=O. The maximum atomic E-state index is 13.2. The van der Waals surface area contributed by atoms with E-state index < -0.39 is 11.6 Å². The Morgan fingerprint density at radius 3 is 2.40 bits per heavy atom. The molecule has 0 unspecified atom stereocenters. The summed E-state index contributed by atoms with van der Waals surface area (Å²) in [6, 6.07) is 6.68. The van der Waals surface area contributed by atoms with Crippen LogP contribution in [0.1, 0.15) is 38.5 Å². The lowest BCUT2D eigenvalue weighted by Crippen LogP contribution is -3.27. The summed E-state index contributed by atoms with van der Waals surface area (Å²) in [5.41, 5.74) is 5.87. The normalized spacial score (nSPS) is 30.5. The fraction of sp³-hybridized carbons (Fsp3) is 0.591. The van der Waals surface area contributed by atoms with Gasteiger partial charge >= 0.3 is 0 Å².